The number of carbonyl (C=O) groups excluding carboxylic acids is 1. The van der Waals surface area contributed by atoms with Gasteiger partial charge in [-0.3, -0.25) is 4.79 Å². The summed E-state index contributed by atoms with van der Waals surface area (Å²) in [7, 11) is 0. The first kappa shape index (κ1) is 16.4. The molecular weight excluding hydrogens is 248 g/mol. The van der Waals surface area contributed by atoms with E-state index < -0.39 is 30.8 Å². The van der Waals surface area contributed by atoms with E-state index in [0.29, 0.717) is 18.8 Å². The number of carbonyl (C=O) groups is 1. The molecule has 0 aromatic heterocycles. The molecule has 6 heteroatoms. The van der Waals surface area contributed by atoms with Crippen LogP contribution in [-0.2, 0) is 4.79 Å². The van der Waals surface area contributed by atoms with Gasteiger partial charge in [0.05, 0.1) is 25.2 Å². The molecule has 1 saturated carbocycles. The monoisotopic (exact) mass is 274 g/mol. The number of rotatable bonds is 6. The third-order valence-electron chi connectivity index (χ3n) is 4.39. The number of aliphatic hydroxyl groups is 3. The molecule has 0 bridgehead atoms. The van der Waals surface area contributed by atoms with Crippen molar-refractivity contribution in [1.29, 1.82) is 0 Å². The second-order valence-corrected chi connectivity index (χ2v) is 5.88. The zero-order valence-electron chi connectivity index (χ0n) is 11.6. The molecule has 1 rings (SSSR count). The van der Waals surface area contributed by atoms with E-state index in [-0.39, 0.29) is 12.5 Å². The normalized spacial score (nSPS) is 28.2. The van der Waals surface area contributed by atoms with Crippen LogP contribution in [0.15, 0.2) is 0 Å². The lowest BCUT2D eigenvalue weighted by atomic mass is 9.70. The SMILES string of the molecule is CC1CCC(CN)(C(=O)NC(CO)(CO)CO)CC1. The molecule has 112 valence electrons. The molecule has 1 amide bonds. The van der Waals surface area contributed by atoms with Gasteiger partial charge in [-0.1, -0.05) is 6.92 Å². The summed E-state index contributed by atoms with van der Waals surface area (Å²) in [6.07, 6.45) is 3.29. The van der Waals surface area contributed by atoms with Gasteiger partial charge in [-0.05, 0) is 31.6 Å². The maximum Gasteiger partial charge on any atom is 0.228 e. The van der Waals surface area contributed by atoms with Crippen LogP contribution in [-0.4, -0.2) is 53.1 Å². The van der Waals surface area contributed by atoms with Gasteiger partial charge in [0, 0.05) is 6.54 Å². The van der Waals surface area contributed by atoms with Crippen molar-refractivity contribution in [3.8, 4) is 0 Å². The van der Waals surface area contributed by atoms with Crippen molar-refractivity contribution in [2.45, 2.75) is 38.1 Å². The zero-order chi connectivity index (χ0) is 14.5. The summed E-state index contributed by atoms with van der Waals surface area (Å²) in [6, 6.07) is 0. The fourth-order valence-electron chi connectivity index (χ4n) is 2.48. The van der Waals surface area contributed by atoms with E-state index in [1.54, 1.807) is 0 Å². The van der Waals surface area contributed by atoms with Crippen molar-refractivity contribution < 1.29 is 20.1 Å². The van der Waals surface area contributed by atoms with E-state index >= 15 is 0 Å². The molecule has 0 atom stereocenters. The lowest BCUT2D eigenvalue weighted by Crippen LogP contribution is -2.61. The van der Waals surface area contributed by atoms with E-state index in [2.05, 4.69) is 12.2 Å². The Morgan fingerprint density at radius 3 is 2.11 bits per heavy atom. The largest absolute Gasteiger partial charge is 0.394 e. The summed E-state index contributed by atoms with van der Waals surface area (Å²) in [6.45, 7) is 0.857. The molecule has 1 aliphatic carbocycles. The molecular formula is C13H26N2O4. The van der Waals surface area contributed by atoms with Gasteiger partial charge in [-0.15, -0.1) is 0 Å². The predicted octanol–water partition coefficient (Wildman–Crippen LogP) is -1.03. The number of amides is 1. The van der Waals surface area contributed by atoms with Crippen LogP contribution in [0.1, 0.15) is 32.6 Å². The van der Waals surface area contributed by atoms with E-state index in [1.807, 2.05) is 0 Å². The number of nitrogens with one attached hydrogen (secondary N) is 1. The second-order valence-electron chi connectivity index (χ2n) is 5.88. The van der Waals surface area contributed by atoms with Crippen molar-refractivity contribution >= 4 is 5.91 Å². The van der Waals surface area contributed by atoms with Crippen LogP contribution in [0.4, 0.5) is 0 Å². The maximum atomic E-state index is 12.4. The number of aliphatic hydroxyl groups excluding tert-OH is 3. The Bertz CT molecular complexity index is 289. The maximum absolute atomic E-state index is 12.4. The number of hydrogen-bond acceptors (Lipinski definition) is 5. The molecule has 0 aromatic carbocycles. The topological polar surface area (TPSA) is 116 Å². The third-order valence-corrected chi connectivity index (χ3v) is 4.39. The highest BCUT2D eigenvalue weighted by Gasteiger charge is 2.43. The van der Waals surface area contributed by atoms with Gasteiger partial charge < -0.3 is 26.4 Å². The van der Waals surface area contributed by atoms with Crippen LogP contribution in [0.3, 0.4) is 0 Å². The fourth-order valence-corrected chi connectivity index (χ4v) is 2.48. The lowest BCUT2D eigenvalue weighted by Gasteiger charge is -2.40. The molecule has 0 heterocycles. The molecule has 6 nitrogen and oxygen atoms in total. The Labute approximate surface area is 114 Å². The highest BCUT2D eigenvalue weighted by molar-refractivity contribution is 5.83. The standard InChI is InChI=1S/C13H26N2O4/c1-10-2-4-12(6-14,5-3-10)11(19)15-13(7-16,8-17)9-18/h10,16-18H,2-9,14H2,1H3,(H,15,19). The summed E-state index contributed by atoms with van der Waals surface area (Å²) in [4.78, 5) is 12.4. The summed E-state index contributed by atoms with van der Waals surface area (Å²) >= 11 is 0. The highest BCUT2D eigenvalue weighted by atomic mass is 16.3. The van der Waals surface area contributed by atoms with Crippen molar-refractivity contribution in [2.24, 2.45) is 17.1 Å². The minimum absolute atomic E-state index is 0.240. The molecule has 0 aromatic rings. The van der Waals surface area contributed by atoms with Crippen LogP contribution >= 0.6 is 0 Å². The molecule has 1 aliphatic rings. The summed E-state index contributed by atoms with van der Waals surface area (Å²) in [5.74, 6) is 0.310. The summed E-state index contributed by atoms with van der Waals surface area (Å²) in [5, 5.41) is 30.4. The van der Waals surface area contributed by atoms with Crippen LogP contribution in [0, 0.1) is 11.3 Å². The third kappa shape index (κ3) is 3.45. The molecule has 1 fully saturated rings. The second kappa shape index (κ2) is 6.65. The van der Waals surface area contributed by atoms with Crippen molar-refractivity contribution in [1.82, 2.24) is 5.32 Å². The fraction of sp³-hybridized carbons (Fsp3) is 0.923. The first-order valence-corrected chi connectivity index (χ1v) is 6.83. The Morgan fingerprint density at radius 1 is 1.26 bits per heavy atom. The van der Waals surface area contributed by atoms with E-state index in [1.165, 1.54) is 0 Å². The molecule has 0 spiro atoms. The zero-order valence-corrected chi connectivity index (χ0v) is 11.6. The van der Waals surface area contributed by atoms with Gasteiger partial charge in [-0.2, -0.15) is 0 Å². The van der Waals surface area contributed by atoms with E-state index in [9.17, 15) is 20.1 Å². The lowest BCUT2D eigenvalue weighted by molar-refractivity contribution is -0.137. The smallest absolute Gasteiger partial charge is 0.228 e. The Kier molecular flexibility index (Phi) is 5.73. The highest BCUT2D eigenvalue weighted by Crippen LogP contribution is 2.38. The van der Waals surface area contributed by atoms with Crippen LogP contribution in [0.5, 0.6) is 0 Å². The molecule has 0 saturated heterocycles. The summed E-state index contributed by atoms with van der Waals surface area (Å²) < 4.78 is 0. The first-order valence-electron chi connectivity index (χ1n) is 6.83. The average Bonchev–Trinajstić information content (AvgIpc) is 2.46. The van der Waals surface area contributed by atoms with E-state index in [0.717, 1.165) is 12.8 Å². The Hall–Kier alpha value is -0.690. The molecule has 6 N–H and O–H groups in total. The molecule has 0 radical (unpaired) electrons. The minimum atomic E-state index is -1.37. The summed E-state index contributed by atoms with van der Waals surface area (Å²) in [5.41, 5.74) is 3.77. The van der Waals surface area contributed by atoms with Gasteiger partial charge in [0.2, 0.25) is 5.91 Å². The average molecular weight is 274 g/mol. The molecule has 0 unspecified atom stereocenters. The van der Waals surface area contributed by atoms with Gasteiger partial charge in [-0.25, -0.2) is 0 Å². The Morgan fingerprint density at radius 2 is 1.74 bits per heavy atom. The van der Waals surface area contributed by atoms with Crippen LogP contribution < -0.4 is 11.1 Å². The molecule has 0 aliphatic heterocycles. The van der Waals surface area contributed by atoms with Gasteiger partial charge in [0.1, 0.15) is 5.54 Å². The van der Waals surface area contributed by atoms with Gasteiger partial charge in [0.25, 0.3) is 0 Å². The minimum Gasteiger partial charge on any atom is -0.394 e. The number of nitrogens with two attached hydrogens (primary N) is 1. The van der Waals surface area contributed by atoms with Crippen LogP contribution in [0.25, 0.3) is 0 Å². The van der Waals surface area contributed by atoms with E-state index in [4.69, 9.17) is 5.73 Å². The quantitative estimate of drug-likeness (QED) is 0.425. The Balaban J connectivity index is 2.79. The van der Waals surface area contributed by atoms with Crippen molar-refractivity contribution in [3.63, 3.8) is 0 Å². The first-order chi connectivity index (χ1) is 8.97. The molecule has 19 heavy (non-hydrogen) atoms. The van der Waals surface area contributed by atoms with Gasteiger partial charge >= 0.3 is 0 Å². The van der Waals surface area contributed by atoms with Gasteiger partial charge in [0.15, 0.2) is 0 Å². The van der Waals surface area contributed by atoms with Crippen LogP contribution in [0.2, 0.25) is 0 Å². The van der Waals surface area contributed by atoms with Crippen molar-refractivity contribution in [3.05, 3.63) is 0 Å². The predicted molar refractivity (Wildman–Crippen MR) is 71.3 cm³/mol. The van der Waals surface area contributed by atoms with Crippen molar-refractivity contribution in [2.75, 3.05) is 26.4 Å². The number of hydrogen-bond donors (Lipinski definition) is 5.